The molecule has 0 spiro atoms. The minimum atomic E-state index is -0.401. The van der Waals surface area contributed by atoms with Crippen LogP contribution < -0.4 is 0 Å². The second-order valence-electron chi connectivity index (χ2n) is 12.4. The number of fused-ring (bicyclic) bond motifs is 1. The Morgan fingerprint density at radius 1 is 1.05 bits per heavy atom. The summed E-state index contributed by atoms with van der Waals surface area (Å²) in [5, 5.41) is 10.1. The Bertz CT molecular complexity index is 840. The number of hydrogen-bond acceptors (Lipinski definition) is 8. The third-order valence-electron chi connectivity index (χ3n) is 9.69. The summed E-state index contributed by atoms with van der Waals surface area (Å²) in [5.41, 5.74) is 1.23. The molecule has 2 saturated heterocycles. The summed E-state index contributed by atoms with van der Waals surface area (Å²) in [6.07, 6.45) is 20.3. The van der Waals surface area contributed by atoms with Gasteiger partial charge in [0.05, 0.1) is 32.5 Å². The highest BCUT2D eigenvalue weighted by atomic mass is 16.7. The number of aliphatic hydroxyl groups is 1. The van der Waals surface area contributed by atoms with Crippen molar-refractivity contribution in [2.45, 2.75) is 102 Å². The van der Waals surface area contributed by atoms with Gasteiger partial charge in [-0.1, -0.05) is 36.6 Å². The van der Waals surface area contributed by atoms with Crippen LogP contribution in [0.25, 0.3) is 0 Å². The quantitative estimate of drug-likeness (QED) is 0.249. The van der Waals surface area contributed by atoms with Crippen molar-refractivity contribution in [3.05, 3.63) is 23.8 Å². The van der Waals surface area contributed by atoms with E-state index in [4.69, 9.17) is 23.7 Å². The molecule has 40 heavy (non-hydrogen) atoms. The minimum Gasteiger partial charge on any atom is -0.467 e. The van der Waals surface area contributed by atoms with Gasteiger partial charge in [-0.2, -0.15) is 0 Å². The molecule has 2 heterocycles. The summed E-state index contributed by atoms with van der Waals surface area (Å²) in [4.78, 5) is 11.5. The van der Waals surface area contributed by atoms with Crippen LogP contribution in [0.2, 0.25) is 0 Å². The number of rotatable bonds is 13. The molecular weight excluding hydrogens is 512 g/mol. The zero-order chi connectivity index (χ0) is 27.7. The van der Waals surface area contributed by atoms with E-state index in [1.54, 1.807) is 0 Å². The number of esters is 1. The van der Waals surface area contributed by atoms with Crippen molar-refractivity contribution in [1.82, 2.24) is 0 Å². The van der Waals surface area contributed by atoms with E-state index in [-0.39, 0.29) is 49.8 Å². The van der Waals surface area contributed by atoms with Crippen molar-refractivity contribution in [3.63, 3.8) is 0 Å². The topological polar surface area (TPSA) is 92.7 Å². The predicted octanol–water partition coefficient (Wildman–Crippen LogP) is 4.94. The monoisotopic (exact) mass is 562 g/mol. The maximum absolute atomic E-state index is 11.5. The van der Waals surface area contributed by atoms with Gasteiger partial charge in [-0.25, -0.2) is 4.79 Å². The van der Waals surface area contributed by atoms with Gasteiger partial charge in [0.2, 0.25) is 0 Å². The fraction of sp³-hybridized carbons (Fsp3) is 0.844. The second kappa shape index (κ2) is 15.3. The van der Waals surface area contributed by atoms with Crippen molar-refractivity contribution in [3.8, 4) is 0 Å². The lowest BCUT2D eigenvalue weighted by Gasteiger charge is -2.31. The van der Waals surface area contributed by atoms with Gasteiger partial charge in [0, 0.05) is 25.0 Å². The normalized spacial score (nSPS) is 34.6. The molecule has 0 aromatic heterocycles. The predicted molar refractivity (Wildman–Crippen MR) is 149 cm³/mol. The molecule has 1 N–H and O–H groups in total. The first-order valence-electron chi connectivity index (χ1n) is 15.8. The molecule has 3 aliphatic carbocycles. The van der Waals surface area contributed by atoms with Crippen LogP contribution in [-0.4, -0.2) is 76.0 Å². The minimum absolute atomic E-state index is 0.00176. The molecule has 5 rings (SSSR count). The second-order valence-corrected chi connectivity index (χ2v) is 12.4. The van der Waals surface area contributed by atoms with Crippen molar-refractivity contribution in [1.29, 1.82) is 0 Å². The van der Waals surface area contributed by atoms with E-state index in [1.807, 2.05) is 0 Å². The number of methoxy groups -OCH3 is 1. The summed E-state index contributed by atoms with van der Waals surface area (Å²) in [5.74, 6) is 1.08. The first-order valence-corrected chi connectivity index (χ1v) is 15.8. The zero-order valence-corrected chi connectivity index (χ0v) is 24.3. The Balaban J connectivity index is 1.28. The lowest BCUT2D eigenvalue weighted by atomic mass is 9.86. The lowest BCUT2D eigenvalue weighted by Crippen LogP contribution is -2.32. The molecule has 0 bridgehead atoms. The van der Waals surface area contributed by atoms with Crippen LogP contribution in [0, 0.1) is 29.6 Å². The number of aliphatic hydroxyl groups excluding tert-OH is 1. The summed E-state index contributed by atoms with van der Waals surface area (Å²) >= 11 is 0. The molecule has 0 amide bonds. The molecule has 4 fully saturated rings. The Morgan fingerprint density at radius 2 is 1.77 bits per heavy atom. The molecule has 226 valence electrons. The van der Waals surface area contributed by atoms with Crippen LogP contribution in [0.1, 0.15) is 77.0 Å². The van der Waals surface area contributed by atoms with E-state index in [2.05, 4.69) is 23.0 Å². The van der Waals surface area contributed by atoms with Gasteiger partial charge in [-0.3, -0.25) is 0 Å². The maximum atomic E-state index is 11.5. The van der Waals surface area contributed by atoms with Gasteiger partial charge < -0.3 is 33.5 Å². The molecule has 5 aliphatic rings. The third kappa shape index (κ3) is 7.96. The van der Waals surface area contributed by atoms with Crippen LogP contribution in [0.3, 0.4) is 0 Å². The van der Waals surface area contributed by atoms with Crippen LogP contribution in [-0.2, 0) is 33.2 Å². The highest BCUT2D eigenvalue weighted by Gasteiger charge is 2.46. The van der Waals surface area contributed by atoms with E-state index in [0.29, 0.717) is 24.4 Å². The van der Waals surface area contributed by atoms with E-state index in [9.17, 15) is 9.90 Å². The maximum Gasteiger partial charge on any atom is 0.331 e. The molecule has 0 radical (unpaired) electrons. The molecule has 8 heteroatoms. The summed E-state index contributed by atoms with van der Waals surface area (Å²) in [7, 11) is 1.35. The molecule has 3 unspecified atom stereocenters. The van der Waals surface area contributed by atoms with Gasteiger partial charge in [0.25, 0.3) is 0 Å². The highest BCUT2D eigenvalue weighted by Crippen LogP contribution is 2.50. The van der Waals surface area contributed by atoms with Crippen LogP contribution >= 0.6 is 0 Å². The van der Waals surface area contributed by atoms with Gasteiger partial charge in [0.15, 0.2) is 12.6 Å². The summed E-state index contributed by atoms with van der Waals surface area (Å²) < 4.78 is 35.4. The van der Waals surface area contributed by atoms with E-state index >= 15 is 0 Å². The molecule has 0 aromatic carbocycles. The number of ether oxygens (including phenoxy) is 6. The first-order chi connectivity index (χ1) is 19.6. The molecule has 8 atom stereocenters. The largest absolute Gasteiger partial charge is 0.467 e. The Morgan fingerprint density at radius 3 is 2.45 bits per heavy atom. The Labute approximate surface area is 239 Å². The van der Waals surface area contributed by atoms with Gasteiger partial charge in [-0.15, -0.1) is 0 Å². The van der Waals surface area contributed by atoms with Crippen molar-refractivity contribution in [2.75, 3.05) is 40.1 Å². The first kappa shape index (κ1) is 30.2. The zero-order valence-electron chi connectivity index (χ0n) is 24.3. The molecule has 2 aliphatic heterocycles. The standard InChI is InChI=1S/C32H50O8/c1-35-30(34)21-36-20-25(19-33)23-16-24-18-29(40-32-11-5-7-15-38-32)26(27(24)17-23)12-13-28(22-8-2-3-9-22)39-31-10-4-6-14-37-31/h12-13,16,22,24-29,31-33H,2-11,14-15,17-21H2,1H3/b13-12+/t24-,25?,26+,27-,28+,29+,31?,32?/m0/s1. The number of hydrogen-bond donors (Lipinski definition) is 1. The van der Waals surface area contributed by atoms with Crippen molar-refractivity contribution in [2.24, 2.45) is 29.6 Å². The molecular formula is C32H50O8. The lowest BCUT2D eigenvalue weighted by molar-refractivity contribution is -0.193. The SMILES string of the molecule is COC(=O)COCC(CO)C1=C[C@H]2C[C@@H](OC3CCCCO3)[C@H](/C=C/[C@@H](OC3CCCCO3)C3CCCC3)[C@H]2C1. The number of allylic oxidation sites excluding steroid dienone is 1. The average molecular weight is 563 g/mol. The Kier molecular flexibility index (Phi) is 11.5. The van der Waals surface area contributed by atoms with Gasteiger partial charge in [-0.05, 0) is 82.0 Å². The van der Waals surface area contributed by atoms with E-state index in [0.717, 1.165) is 58.2 Å². The number of carbonyl (C=O) groups excluding carboxylic acids is 1. The van der Waals surface area contributed by atoms with Crippen molar-refractivity contribution >= 4 is 5.97 Å². The van der Waals surface area contributed by atoms with Gasteiger partial charge in [0.1, 0.15) is 6.61 Å². The fourth-order valence-corrected chi connectivity index (χ4v) is 7.44. The fourth-order valence-electron chi connectivity index (χ4n) is 7.44. The smallest absolute Gasteiger partial charge is 0.331 e. The van der Waals surface area contributed by atoms with Crippen molar-refractivity contribution < 1.29 is 38.3 Å². The highest BCUT2D eigenvalue weighted by molar-refractivity contribution is 5.70. The van der Waals surface area contributed by atoms with Crippen LogP contribution in [0.4, 0.5) is 0 Å². The molecule has 2 saturated carbocycles. The number of carbonyl (C=O) groups is 1. The van der Waals surface area contributed by atoms with Crippen LogP contribution in [0.5, 0.6) is 0 Å². The molecule has 8 nitrogen and oxygen atoms in total. The van der Waals surface area contributed by atoms with Crippen LogP contribution in [0.15, 0.2) is 23.8 Å². The summed E-state index contributed by atoms with van der Waals surface area (Å²) in [6.45, 7) is 1.79. The molecule has 0 aromatic rings. The average Bonchev–Trinajstić information content (AvgIpc) is 3.72. The summed E-state index contributed by atoms with van der Waals surface area (Å²) in [6, 6.07) is 0. The van der Waals surface area contributed by atoms with Gasteiger partial charge >= 0.3 is 5.97 Å². The third-order valence-corrected chi connectivity index (χ3v) is 9.69. The van der Waals surface area contributed by atoms with E-state index in [1.165, 1.54) is 44.8 Å². The Hall–Kier alpha value is -1.29. The van der Waals surface area contributed by atoms with E-state index < -0.39 is 5.97 Å².